The predicted molar refractivity (Wildman–Crippen MR) is 159 cm³/mol. The van der Waals surface area contributed by atoms with Gasteiger partial charge in [0.15, 0.2) is 5.65 Å². The fourth-order valence-electron chi connectivity index (χ4n) is 6.64. The number of anilines is 1. The van der Waals surface area contributed by atoms with Crippen molar-refractivity contribution in [1.82, 2.24) is 23.9 Å². The van der Waals surface area contributed by atoms with Crippen LogP contribution in [0.2, 0.25) is 0 Å². The molecule has 0 radical (unpaired) electrons. The van der Waals surface area contributed by atoms with Crippen molar-refractivity contribution in [2.75, 3.05) is 18.0 Å². The van der Waals surface area contributed by atoms with Crippen LogP contribution in [0, 0.1) is 19.8 Å². The molecular weight excluding hydrogens is 609 g/mol. The van der Waals surface area contributed by atoms with E-state index in [0.29, 0.717) is 28.1 Å². The third-order valence-electron chi connectivity index (χ3n) is 9.11. The molecule has 45 heavy (non-hydrogen) atoms. The van der Waals surface area contributed by atoms with E-state index >= 15 is 0 Å². The molecule has 0 amide bonds. The minimum absolute atomic E-state index is 0.0188. The van der Waals surface area contributed by atoms with Gasteiger partial charge in [0.1, 0.15) is 10.7 Å². The van der Waals surface area contributed by atoms with Crippen LogP contribution in [0.1, 0.15) is 65.7 Å². The summed E-state index contributed by atoms with van der Waals surface area (Å²) in [7, 11) is -3.92. The summed E-state index contributed by atoms with van der Waals surface area (Å²) in [5, 5.41) is 17.2. The number of carboxylic acid groups (broad SMARTS) is 1. The molecule has 1 unspecified atom stereocenters. The molecule has 1 N–H and O–H groups in total. The van der Waals surface area contributed by atoms with Gasteiger partial charge in [-0.05, 0) is 79.1 Å². The molecule has 3 aromatic heterocycles. The fourth-order valence-corrected chi connectivity index (χ4v) is 8.25. The molecular formula is C31H33F3N6O4S. The molecule has 1 saturated heterocycles. The normalized spacial score (nSPS) is 19.9. The van der Waals surface area contributed by atoms with Crippen LogP contribution in [-0.2, 0) is 27.5 Å². The molecule has 238 valence electrons. The Morgan fingerprint density at radius 3 is 2.64 bits per heavy atom. The predicted octanol–water partition coefficient (Wildman–Crippen LogP) is 5.18. The van der Waals surface area contributed by atoms with Crippen LogP contribution >= 0.6 is 0 Å². The molecule has 1 fully saturated rings. The Balaban J connectivity index is 1.42. The highest BCUT2D eigenvalue weighted by Crippen LogP contribution is 2.39. The molecule has 5 heterocycles. The average Bonchev–Trinajstić information content (AvgIpc) is 3.42. The lowest BCUT2D eigenvalue weighted by atomic mass is 9.79. The van der Waals surface area contributed by atoms with Crippen molar-refractivity contribution >= 4 is 27.5 Å². The number of hydrogen-bond acceptors (Lipinski definition) is 7. The van der Waals surface area contributed by atoms with Crippen molar-refractivity contribution in [3.05, 3.63) is 82.4 Å². The Morgan fingerprint density at radius 1 is 1.13 bits per heavy atom. The minimum atomic E-state index is -4.72. The number of carboxylic acids is 1. The number of hydrogen-bond donors (Lipinski definition) is 1. The quantitative estimate of drug-likeness (QED) is 0.306. The van der Waals surface area contributed by atoms with Gasteiger partial charge in [-0.1, -0.05) is 25.1 Å². The van der Waals surface area contributed by atoms with E-state index in [4.69, 9.17) is 0 Å². The van der Waals surface area contributed by atoms with Crippen LogP contribution in [-0.4, -0.2) is 62.5 Å². The number of aryl methyl sites for hydroxylation is 2. The van der Waals surface area contributed by atoms with E-state index in [0.717, 1.165) is 35.8 Å². The summed E-state index contributed by atoms with van der Waals surface area (Å²) in [5.41, 5.74) is 2.97. The highest BCUT2D eigenvalue weighted by atomic mass is 32.2. The number of halogens is 3. The SMILES string of the molecule is Cc1ccc([C@H](c2ccn3c(C(F)(F)F)nnc3c2C)C(C)C(=O)O)cc1CN1C[C@@H]2CCCCN2c2ncccc2S1(=O)=O. The summed E-state index contributed by atoms with van der Waals surface area (Å²) in [4.78, 5) is 19.1. The van der Waals surface area contributed by atoms with E-state index in [1.165, 1.54) is 16.6 Å². The second kappa shape index (κ2) is 11.4. The van der Waals surface area contributed by atoms with Crippen molar-refractivity contribution in [2.24, 2.45) is 5.92 Å². The number of carbonyl (C=O) groups is 1. The zero-order valence-electron chi connectivity index (χ0n) is 25.0. The Labute approximate surface area is 258 Å². The van der Waals surface area contributed by atoms with E-state index in [-0.39, 0.29) is 29.7 Å². The van der Waals surface area contributed by atoms with Gasteiger partial charge in [0.05, 0.1) is 5.92 Å². The van der Waals surface area contributed by atoms with Crippen molar-refractivity contribution in [3.8, 4) is 0 Å². The first-order valence-corrected chi connectivity index (χ1v) is 16.2. The molecule has 0 bridgehead atoms. The second-order valence-electron chi connectivity index (χ2n) is 11.9. The molecule has 0 saturated carbocycles. The fraction of sp³-hybridized carbons (Fsp3) is 0.419. The molecule has 10 nitrogen and oxygen atoms in total. The molecule has 4 aromatic rings. The number of fused-ring (bicyclic) bond motifs is 4. The molecule has 3 atom stereocenters. The van der Waals surface area contributed by atoms with E-state index in [9.17, 15) is 31.5 Å². The largest absolute Gasteiger partial charge is 0.481 e. The minimum Gasteiger partial charge on any atom is -0.481 e. The van der Waals surface area contributed by atoms with Gasteiger partial charge in [-0.25, -0.2) is 13.4 Å². The number of pyridine rings is 2. The van der Waals surface area contributed by atoms with Crippen molar-refractivity contribution in [1.29, 1.82) is 0 Å². The number of alkyl halides is 3. The van der Waals surface area contributed by atoms with Crippen molar-refractivity contribution < 1.29 is 31.5 Å². The van der Waals surface area contributed by atoms with Crippen LogP contribution in [0.3, 0.4) is 0 Å². The maximum absolute atomic E-state index is 14.0. The topological polar surface area (TPSA) is 121 Å². The van der Waals surface area contributed by atoms with Crippen LogP contribution in [0.15, 0.2) is 53.7 Å². The number of rotatable bonds is 6. The lowest BCUT2D eigenvalue weighted by Gasteiger charge is -2.36. The summed E-state index contributed by atoms with van der Waals surface area (Å²) in [5.74, 6) is -3.52. The van der Waals surface area contributed by atoms with Crippen LogP contribution < -0.4 is 4.90 Å². The third kappa shape index (κ3) is 5.43. The number of aliphatic carboxylic acids is 1. The molecule has 14 heteroatoms. The Morgan fingerprint density at radius 2 is 1.91 bits per heavy atom. The van der Waals surface area contributed by atoms with Gasteiger partial charge in [-0.2, -0.15) is 17.5 Å². The molecule has 0 aliphatic carbocycles. The highest BCUT2D eigenvalue weighted by molar-refractivity contribution is 7.89. The average molecular weight is 643 g/mol. The maximum atomic E-state index is 14.0. The molecule has 2 aliphatic rings. The molecule has 2 aliphatic heterocycles. The van der Waals surface area contributed by atoms with E-state index in [2.05, 4.69) is 20.1 Å². The van der Waals surface area contributed by atoms with Crippen LogP contribution in [0.5, 0.6) is 0 Å². The van der Waals surface area contributed by atoms with Crippen LogP contribution in [0.25, 0.3) is 5.65 Å². The van der Waals surface area contributed by atoms with E-state index < -0.39 is 39.8 Å². The molecule has 6 rings (SSSR count). The van der Waals surface area contributed by atoms with Gasteiger partial charge in [-0.3, -0.25) is 9.20 Å². The first kappa shape index (κ1) is 31.0. The summed E-state index contributed by atoms with van der Waals surface area (Å²) < 4.78 is 71.0. The summed E-state index contributed by atoms with van der Waals surface area (Å²) in [6, 6.07) is 10.1. The van der Waals surface area contributed by atoms with Crippen molar-refractivity contribution in [3.63, 3.8) is 0 Å². The lowest BCUT2D eigenvalue weighted by molar-refractivity contribution is -0.145. The number of sulfonamides is 1. The summed E-state index contributed by atoms with van der Waals surface area (Å²) in [6.07, 6.45) is 0.874. The summed E-state index contributed by atoms with van der Waals surface area (Å²) >= 11 is 0. The number of piperidine rings is 1. The maximum Gasteiger partial charge on any atom is 0.452 e. The van der Waals surface area contributed by atoms with Gasteiger partial charge in [-0.15, -0.1) is 10.2 Å². The number of benzene rings is 1. The third-order valence-corrected chi connectivity index (χ3v) is 10.9. The first-order chi connectivity index (χ1) is 21.3. The lowest BCUT2D eigenvalue weighted by Crippen LogP contribution is -2.45. The van der Waals surface area contributed by atoms with Gasteiger partial charge in [0, 0.05) is 44.0 Å². The number of aromatic nitrogens is 4. The molecule has 1 aromatic carbocycles. The van der Waals surface area contributed by atoms with E-state index in [1.807, 2.05) is 19.1 Å². The van der Waals surface area contributed by atoms with Crippen LogP contribution in [0.4, 0.5) is 19.0 Å². The standard InChI is InChI=1S/C31H33F3N6O4S/c1-18-9-10-21(26(20(3)29(41)42)24-11-14-40-27(19(24)2)36-37-30(40)31(32,33)34)15-22(18)16-38-17-23-7-4-5-13-39(23)28-25(45(38,43)44)8-6-12-35-28/h6,8-12,14-15,20,23,26H,4-5,7,13,16-17H2,1-3H3,(H,41,42)/t20?,23-,26+/m0/s1. The Kier molecular flexibility index (Phi) is 7.84. The van der Waals surface area contributed by atoms with Crippen molar-refractivity contribution in [2.45, 2.75) is 69.6 Å². The monoisotopic (exact) mass is 642 g/mol. The Bertz CT molecular complexity index is 1890. The number of nitrogens with zero attached hydrogens (tertiary/aromatic N) is 6. The zero-order chi connectivity index (χ0) is 32.3. The Hall–Kier alpha value is -4.04. The molecule has 0 spiro atoms. The zero-order valence-corrected chi connectivity index (χ0v) is 25.8. The smallest absolute Gasteiger partial charge is 0.452 e. The second-order valence-corrected chi connectivity index (χ2v) is 13.8. The van der Waals surface area contributed by atoms with Gasteiger partial charge < -0.3 is 10.0 Å². The summed E-state index contributed by atoms with van der Waals surface area (Å²) in [6.45, 7) is 6.08. The van der Waals surface area contributed by atoms with Gasteiger partial charge in [0.25, 0.3) is 0 Å². The van der Waals surface area contributed by atoms with Gasteiger partial charge in [0.2, 0.25) is 15.8 Å². The first-order valence-electron chi connectivity index (χ1n) is 14.7. The highest BCUT2D eigenvalue weighted by Gasteiger charge is 2.40. The van der Waals surface area contributed by atoms with Gasteiger partial charge >= 0.3 is 12.1 Å². The van der Waals surface area contributed by atoms with E-state index in [1.54, 1.807) is 38.2 Å².